The highest BCUT2D eigenvalue weighted by Crippen LogP contribution is 2.28. The molecule has 0 aromatic heterocycles. The van der Waals surface area contributed by atoms with Gasteiger partial charge in [0.25, 0.3) is 0 Å². The zero-order valence-electron chi connectivity index (χ0n) is 17.0. The van der Waals surface area contributed by atoms with Crippen LogP contribution >= 0.6 is 24.0 Å². The number of guanidine groups is 1. The van der Waals surface area contributed by atoms with Crippen LogP contribution in [0.5, 0.6) is 0 Å². The van der Waals surface area contributed by atoms with Crippen molar-refractivity contribution in [3.8, 4) is 0 Å². The van der Waals surface area contributed by atoms with Crippen LogP contribution in [0.1, 0.15) is 51.4 Å². The topological polar surface area (TPSA) is 57.2 Å². The van der Waals surface area contributed by atoms with Crippen molar-refractivity contribution in [1.82, 2.24) is 15.1 Å². The van der Waals surface area contributed by atoms with E-state index in [1.807, 2.05) is 0 Å². The van der Waals surface area contributed by atoms with E-state index in [-0.39, 0.29) is 36.4 Å². The minimum absolute atomic E-state index is 0. The van der Waals surface area contributed by atoms with Gasteiger partial charge in [-0.3, -0.25) is 4.79 Å². The molecule has 3 aliphatic rings. The highest BCUT2D eigenvalue weighted by atomic mass is 127. The number of piperidine rings is 1. The molecule has 2 heterocycles. The number of fused-ring (bicyclic) bond motifs is 1. The van der Waals surface area contributed by atoms with Crippen LogP contribution in [0.25, 0.3) is 0 Å². The van der Waals surface area contributed by atoms with Crippen molar-refractivity contribution >= 4 is 35.8 Å². The summed E-state index contributed by atoms with van der Waals surface area (Å²) < 4.78 is 5.95. The monoisotopic (exact) mass is 492 g/mol. The first-order valence-electron chi connectivity index (χ1n) is 10.5. The van der Waals surface area contributed by atoms with E-state index < -0.39 is 0 Å². The molecule has 1 aliphatic carbocycles. The lowest BCUT2D eigenvalue weighted by molar-refractivity contribution is -0.127. The molecular weight excluding hydrogens is 455 g/mol. The van der Waals surface area contributed by atoms with Gasteiger partial charge in [-0.1, -0.05) is 19.3 Å². The molecule has 0 bridgehead atoms. The molecule has 2 saturated heterocycles. The molecule has 156 valence electrons. The SMILES string of the molecule is CN(C)C(=O)CN=C(NCC1CCCCC1)N1CCC2OCCCC2C1.I. The number of ether oxygens (including phenoxy) is 1. The standard InChI is InChI=1S/C20H36N4O2.HI/c1-23(2)19(25)14-22-20(21-13-16-7-4-3-5-8-16)24-11-10-18-17(15-24)9-6-12-26-18;/h16-18H,3-15H2,1-2H3,(H,21,22);1H. The maximum Gasteiger partial charge on any atom is 0.243 e. The summed E-state index contributed by atoms with van der Waals surface area (Å²) in [5, 5.41) is 3.61. The molecular formula is C20H37IN4O2. The number of carbonyl (C=O) groups is 1. The number of carbonyl (C=O) groups excluding carboxylic acids is 1. The average Bonchev–Trinajstić information content (AvgIpc) is 2.68. The Hall–Kier alpha value is -0.570. The second-order valence-electron chi connectivity index (χ2n) is 8.36. The molecule has 7 heteroatoms. The van der Waals surface area contributed by atoms with Gasteiger partial charge in [0, 0.05) is 46.3 Å². The number of aliphatic imine (C=N–C) groups is 1. The fourth-order valence-electron chi connectivity index (χ4n) is 4.46. The summed E-state index contributed by atoms with van der Waals surface area (Å²) in [6.07, 6.45) is 10.6. The normalized spacial score (nSPS) is 26.7. The molecule has 0 radical (unpaired) electrons. The molecule has 6 nitrogen and oxygen atoms in total. The fraction of sp³-hybridized carbons (Fsp3) is 0.900. The van der Waals surface area contributed by atoms with Crippen LogP contribution in [0.3, 0.4) is 0 Å². The summed E-state index contributed by atoms with van der Waals surface area (Å²) in [5.74, 6) is 2.32. The van der Waals surface area contributed by atoms with E-state index >= 15 is 0 Å². The van der Waals surface area contributed by atoms with Gasteiger partial charge in [0.05, 0.1) is 6.10 Å². The fourth-order valence-corrected chi connectivity index (χ4v) is 4.46. The number of hydrogen-bond acceptors (Lipinski definition) is 3. The number of nitrogens with one attached hydrogen (secondary N) is 1. The van der Waals surface area contributed by atoms with Gasteiger partial charge >= 0.3 is 0 Å². The van der Waals surface area contributed by atoms with E-state index in [0.29, 0.717) is 12.0 Å². The highest BCUT2D eigenvalue weighted by Gasteiger charge is 2.33. The van der Waals surface area contributed by atoms with Crippen LogP contribution in [0.2, 0.25) is 0 Å². The van der Waals surface area contributed by atoms with Crippen molar-refractivity contribution in [2.75, 3.05) is 46.9 Å². The zero-order valence-corrected chi connectivity index (χ0v) is 19.3. The molecule has 2 aliphatic heterocycles. The van der Waals surface area contributed by atoms with Gasteiger partial charge in [-0.2, -0.15) is 0 Å². The van der Waals surface area contributed by atoms with Crippen molar-refractivity contribution in [2.24, 2.45) is 16.8 Å². The lowest BCUT2D eigenvalue weighted by Crippen LogP contribution is -2.53. The van der Waals surface area contributed by atoms with E-state index in [9.17, 15) is 4.79 Å². The first-order chi connectivity index (χ1) is 12.6. The Morgan fingerprint density at radius 3 is 2.67 bits per heavy atom. The first-order valence-corrected chi connectivity index (χ1v) is 10.5. The van der Waals surface area contributed by atoms with Gasteiger partial charge in [-0.05, 0) is 38.0 Å². The summed E-state index contributed by atoms with van der Waals surface area (Å²) in [7, 11) is 3.58. The molecule has 3 rings (SSSR count). The Kier molecular flexibility index (Phi) is 9.62. The highest BCUT2D eigenvalue weighted by molar-refractivity contribution is 14.0. The molecule has 3 fully saturated rings. The molecule has 0 aromatic rings. The van der Waals surface area contributed by atoms with Gasteiger partial charge in [0.1, 0.15) is 6.54 Å². The third kappa shape index (κ3) is 6.76. The molecule has 1 saturated carbocycles. The second kappa shape index (κ2) is 11.4. The van der Waals surface area contributed by atoms with E-state index in [1.54, 1.807) is 19.0 Å². The largest absolute Gasteiger partial charge is 0.378 e. The van der Waals surface area contributed by atoms with Crippen molar-refractivity contribution in [1.29, 1.82) is 0 Å². The Morgan fingerprint density at radius 1 is 1.15 bits per heavy atom. The van der Waals surface area contributed by atoms with Gasteiger partial charge in [-0.15, -0.1) is 24.0 Å². The quantitative estimate of drug-likeness (QED) is 0.373. The van der Waals surface area contributed by atoms with E-state index in [4.69, 9.17) is 9.73 Å². The zero-order chi connectivity index (χ0) is 18.4. The van der Waals surface area contributed by atoms with Crippen LogP contribution in [-0.2, 0) is 9.53 Å². The van der Waals surface area contributed by atoms with E-state index in [1.165, 1.54) is 38.5 Å². The van der Waals surface area contributed by atoms with E-state index in [0.717, 1.165) is 51.0 Å². The summed E-state index contributed by atoms with van der Waals surface area (Å²) in [6, 6.07) is 0. The number of halogens is 1. The summed E-state index contributed by atoms with van der Waals surface area (Å²) in [6.45, 7) is 4.09. The Morgan fingerprint density at radius 2 is 1.93 bits per heavy atom. The smallest absolute Gasteiger partial charge is 0.243 e. The summed E-state index contributed by atoms with van der Waals surface area (Å²) in [4.78, 5) is 20.7. The lowest BCUT2D eigenvalue weighted by Gasteiger charge is -2.42. The molecule has 0 aromatic carbocycles. The molecule has 2 unspecified atom stereocenters. The van der Waals surface area contributed by atoms with Crippen LogP contribution in [0, 0.1) is 11.8 Å². The molecule has 2 atom stereocenters. The second-order valence-corrected chi connectivity index (χ2v) is 8.36. The van der Waals surface area contributed by atoms with Crippen LogP contribution in [-0.4, -0.2) is 74.7 Å². The van der Waals surface area contributed by atoms with Crippen molar-refractivity contribution in [3.05, 3.63) is 0 Å². The number of hydrogen-bond donors (Lipinski definition) is 1. The molecule has 0 spiro atoms. The third-order valence-electron chi connectivity index (χ3n) is 6.15. The Balaban J connectivity index is 0.00000261. The Labute approximate surface area is 181 Å². The van der Waals surface area contributed by atoms with Crippen LogP contribution in [0.15, 0.2) is 4.99 Å². The van der Waals surface area contributed by atoms with Gasteiger partial charge in [0.15, 0.2) is 5.96 Å². The van der Waals surface area contributed by atoms with Crippen molar-refractivity contribution in [3.63, 3.8) is 0 Å². The number of nitrogens with zero attached hydrogens (tertiary/aromatic N) is 3. The minimum atomic E-state index is 0. The number of likely N-dealkylation sites (N-methyl/N-ethyl adjacent to an activating group) is 1. The lowest BCUT2D eigenvalue weighted by atomic mass is 9.88. The number of amides is 1. The summed E-state index contributed by atoms with van der Waals surface area (Å²) in [5.41, 5.74) is 0. The van der Waals surface area contributed by atoms with Gasteiger partial charge in [-0.25, -0.2) is 4.99 Å². The van der Waals surface area contributed by atoms with Gasteiger partial charge < -0.3 is 19.9 Å². The van der Waals surface area contributed by atoms with Crippen LogP contribution < -0.4 is 5.32 Å². The van der Waals surface area contributed by atoms with E-state index in [2.05, 4.69) is 10.2 Å². The number of rotatable bonds is 4. The summed E-state index contributed by atoms with van der Waals surface area (Å²) >= 11 is 0. The van der Waals surface area contributed by atoms with Crippen molar-refractivity contribution in [2.45, 2.75) is 57.5 Å². The van der Waals surface area contributed by atoms with Crippen LogP contribution in [0.4, 0.5) is 0 Å². The predicted molar refractivity (Wildman–Crippen MR) is 120 cm³/mol. The predicted octanol–water partition coefficient (Wildman–Crippen LogP) is 2.72. The molecule has 1 amide bonds. The van der Waals surface area contributed by atoms with Gasteiger partial charge in [0.2, 0.25) is 5.91 Å². The molecule has 1 N–H and O–H groups in total. The minimum Gasteiger partial charge on any atom is -0.378 e. The average molecular weight is 492 g/mol. The van der Waals surface area contributed by atoms with Crippen molar-refractivity contribution < 1.29 is 9.53 Å². The first kappa shape index (κ1) is 22.7. The molecule has 27 heavy (non-hydrogen) atoms. The number of likely N-dealkylation sites (tertiary alicyclic amines) is 1. The maximum absolute atomic E-state index is 12.0. The maximum atomic E-state index is 12.0. The third-order valence-corrected chi connectivity index (χ3v) is 6.15. The Bertz CT molecular complexity index is 494.